The fourth-order valence-corrected chi connectivity index (χ4v) is 4.03. The van der Waals surface area contributed by atoms with E-state index in [1.165, 1.54) is 0 Å². The van der Waals surface area contributed by atoms with Crippen LogP contribution in [-0.4, -0.2) is 23.3 Å². The summed E-state index contributed by atoms with van der Waals surface area (Å²) in [5.74, 6) is 0.857. The molecule has 8 heteroatoms. The van der Waals surface area contributed by atoms with Gasteiger partial charge in [0.1, 0.15) is 11.4 Å². The van der Waals surface area contributed by atoms with Gasteiger partial charge in [-0.25, -0.2) is 0 Å². The van der Waals surface area contributed by atoms with Crippen molar-refractivity contribution in [1.29, 1.82) is 0 Å². The molecule has 0 radical (unpaired) electrons. The molecular weight excluding hydrogens is 438 g/mol. The zero-order valence-corrected chi connectivity index (χ0v) is 15.8. The van der Waals surface area contributed by atoms with Crippen LogP contribution in [0.5, 0.6) is 5.75 Å². The number of aromatic nitrogens is 2. The van der Waals surface area contributed by atoms with E-state index in [0.29, 0.717) is 16.0 Å². The Bertz CT molecular complexity index is 940. The molecule has 1 aromatic heterocycles. The van der Waals surface area contributed by atoms with Crippen LogP contribution in [-0.2, 0) is 0 Å². The number of ether oxygens (including phenoxy) is 1. The minimum Gasteiger partial charge on any atom is -0.494 e. The van der Waals surface area contributed by atoms with E-state index in [1.54, 1.807) is 7.11 Å². The fourth-order valence-electron chi connectivity index (χ4n) is 2.40. The van der Waals surface area contributed by atoms with Crippen LogP contribution in [0.4, 0.5) is 5.82 Å². The third kappa shape index (κ3) is 2.94. The predicted octanol–water partition coefficient (Wildman–Crippen LogP) is 3.74. The maximum absolute atomic E-state index is 5.52. The number of hydrogen-bond acceptors (Lipinski definition) is 4. The quantitative estimate of drug-likeness (QED) is 0.467. The summed E-state index contributed by atoms with van der Waals surface area (Å²) in [6, 6.07) is 11.7. The van der Waals surface area contributed by atoms with Crippen LogP contribution in [0.2, 0.25) is 0 Å². The maximum atomic E-state index is 5.52. The number of methoxy groups -OCH3 is 1. The Morgan fingerprint density at radius 1 is 1.12 bits per heavy atom. The summed E-state index contributed by atoms with van der Waals surface area (Å²) in [7, 11) is 1.59. The largest absolute Gasteiger partial charge is 0.494 e. The van der Waals surface area contributed by atoms with Crippen LogP contribution < -0.4 is 16.2 Å². The minimum atomic E-state index is -0.0909. The van der Waals surface area contributed by atoms with Crippen LogP contribution in [0, 0.1) is 0 Å². The third-order valence-corrected chi connectivity index (χ3v) is 4.73. The molecule has 4 N–H and O–H groups in total. The Morgan fingerprint density at radius 3 is 2.46 bits per heavy atom. The molecule has 3 rings (SSSR count). The maximum Gasteiger partial charge on any atom is 0.192 e. The molecule has 0 saturated carbocycles. The van der Waals surface area contributed by atoms with Crippen LogP contribution >= 0.6 is 31.9 Å². The highest BCUT2D eigenvalue weighted by atomic mass is 79.9. The van der Waals surface area contributed by atoms with Crippen LogP contribution in [0.3, 0.4) is 0 Å². The normalized spacial score (nSPS) is 10.6. The van der Waals surface area contributed by atoms with Gasteiger partial charge in [0.2, 0.25) is 0 Å². The number of hydrogen-bond donors (Lipinski definition) is 2. The summed E-state index contributed by atoms with van der Waals surface area (Å²) >= 11 is 7.09. The van der Waals surface area contributed by atoms with E-state index in [9.17, 15) is 0 Å². The van der Waals surface area contributed by atoms with Crippen molar-refractivity contribution < 1.29 is 4.74 Å². The van der Waals surface area contributed by atoms with Gasteiger partial charge in [-0.2, -0.15) is 4.99 Å². The number of fused-ring (bicyclic) bond motifs is 1. The summed E-state index contributed by atoms with van der Waals surface area (Å²) in [6.07, 6.45) is 0. The zero-order valence-electron chi connectivity index (χ0n) is 12.6. The molecule has 122 valence electrons. The molecule has 0 unspecified atom stereocenters. The van der Waals surface area contributed by atoms with Gasteiger partial charge in [0, 0.05) is 16.3 Å². The second-order valence-corrected chi connectivity index (χ2v) is 6.55. The van der Waals surface area contributed by atoms with Gasteiger partial charge in [0.15, 0.2) is 11.8 Å². The van der Waals surface area contributed by atoms with E-state index in [-0.39, 0.29) is 5.96 Å². The van der Waals surface area contributed by atoms with Crippen molar-refractivity contribution in [2.75, 3.05) is 7.11 Å². The first-order chi connectivity index (χ1) is 11.5. The molecule has 1 heterocycles. The van der Waals surface area contributed by atoms with E-state index >= 15 is 0 Å². The summed E-state index contributed by atoms with van der Waals surface area (Å²) in [6.45, 7) is 0. The van der Waals surface area contributed by atoms with E-state index < -0.39 is 0 Å². The number of aliphatic imine (C=N–C) groups is 1. The van der Waals surface area contributed by atoms with Crippen molar-refractivity contribution in [1.82, 2.24) is 10.2 Å². The number of guanidine groups is 1. The van der Waals surface area contributed by atoms with Crippen molar-refractivity contribution in [2.24, 2.45) is 16.5 Å². The number of rotatable bonds is 3. The lowest BCUT2D eigenvalue weighted by atomic mass is 10.0. The Balaban J connectivity index is 2.44. The van der Waals surface area contributed by atoms with Crippen molar-refractivity contribution in [2.45, 2.75) is 0 Å². The van der Waals surface area contributed by atoms with Gasteiger partial charge >= 0.3 is 0 Å². The molecule has 24 heavy (non-hydrogen) atoms. The van der Waals surface area contributed by atoms with Gasteiger partial charge in [-0.15, -0.1) is 10.2 Å². The van der Waals surface area contributed by atoms with Crippen LogP contribution in [0.15, 0.2) is 50.3 Å². The Morgan fingerprint density at radius 2 is 1.83 bits per heavy atom. The molecule has 3 aromatic rings. The van der Waals surface area contributed by atoms with Gasteiger partial charge < -0.3 is 16.2 Å². The SMILES string of the molecule is COc1c(Br)cc2c(-c3ccccc3)nnc(N=C(N)N)c2c1Br. The number of benzene rings is 2. The van der Waals surface area contributed by atoms with Gasteiger partial charge in [-0.05, 0) is 37.9 Å². The monoisotopic (exact) mass is 449 g/mol. The highest BCUT2D eigenvalue weighted by molar-refractivity contribution is 9.11. The Kier molecular flexibility index (Phi) is 4.68. The molecule has 0 spiro atoms. The molecule has 6 nitrogen and oxygen atoms in total. The fraction of sp³-hybridized carbons (Fsp3) is 0.0625. The van der Waals surface area contributed by atoms with E-state index in [1.807, 2.05) is 36.4 Å². The molecule has 0 aliphatic heterocycles. The lowest BCUT2D eigenvalue weighted by molar-refractivity contribution is 0.410. The van der Waals surface area contributed by atoms with Crippen molar-refractivity contribution in [3.63, 3.8) is 0 Å². The molecular formula is C16H13Br2N5O. The molecule has 0 bridgehead atoms. The Labute approximate surface area is 155 Å². The lowest BCUT2D eigenvalue weighted by Gasteiger charge is -2.13. The van der Waals surface area contributed by atoms with Crippen molar-refractivity contribution in [3.8, 4) is 17.0 Å². The molecule has 0 aliphatic rings. The standard InChI is InChI=1S/C16H13Br2N5O/c1-24-14-10(17)7-9-11(12(14)18)15(21-16(19)20)23-22-13(9)8-5-3-2-4-6-8/h2-7H,1H3,(H4,19,20,21,23). The second-order valence-electron chi connectivity index (χ2n) is 4.90. The topological polar surface area (TPSA) is 99.4 Å². The van der Waals surface area contributed by atoms with E-state index in [0.717, 1.165) is 26.5 Å². The minimum absolute atomic E-state index is 0.0909. The molecule has 0 amide bonds. The first kappa shape index (κ1) is 16.7. The van der Waals surface area contributed by atoms with Crippen LogP contribution in [0.1, 0.15) is 0 Å². The van der Waals surface area contributed by atoms with Gasteiger partial charge in [-0.3, -0.25) is 0 Å². The number of nitrogens with zero attached hydrogens (tertiary/aromatic N) is 3. The molecule has 0 atom stereocenters. The third-order valence-electron chi connectivity index (χ3n) is 3.39. The highest BCUT2D eigenvalue weighted by Crippen LogP contribution is 2.44. The molecule has 0 saturated heterocycles. The smallest absolute Gasteiger partial charge is 0.192 e. The van der Waals surface area contributed by atoms with Gasteiger partial charge in [-0.1, -0.05) is 30.3 Å². The Hall–Kier alpha value is -2.19. The summed E-state index contributed by atoms with van der Waals surface area (Å²) in [5.41, 5.74) is 12.7. The van der Waals surface area contributed by atoms with Gasteiger partial charge in [0.25, 0.3) is 0 Å². The molecule has 0 aliphatic carbocycles. The second kappa shape index (κ2) is 6.74. The average molecular weight is 451 g/mol. The van der Waals surface area contributed by atoms with Crippen LogP contribution in [0.25, 0.3) is 22.0 Å². The summed E-state index contributed by atoms with van der Waals surface area (Å²) in [4.78, 5) is 4.09. The van der Waals surface area contributed by atoms with Crippen molar-refractivity contribution in [3.05, 3.63) is 45.3 Å². The first-order valence-electron chi connectivity index (χ1n) is 6.90. The van der Waals surface area contributed by atoms with Gasteiger partial charge in [0.05, 0.1) is 16.1 Å². The predicted molar refractivity (Wildman–Crippen MR) is 102 cm³/mol. The number of nitrogens with two attached hydrogens (primary N) is 2. The average Bonchev–Trinajstić information content (AvgIpc) is 2.55. The lowest BCUT2D eigenvalue weighted by Crippen LogP contribution is -2.22. The molecule has 0 fully saturated rings. The highest BCUT2D eigenvalue weighted by Gasteiger charge is 2.19. The molecule has 2 aromatic carbocycles. The van der Waals surface area contributed by atoms with E-state index in [4.69, 9.17) is 16.2 Å². The number of halogens is 2. The summed E-state index contributed by atoms with van der Waals surface area (Å²) < 4.78 is 6.91. The summed E-state index contributed by atoms with van der Waals surface area (Å²) in [5, 5.41) is 10.1. The van der Waals surface area contributed by atoms with E-state index in [2.05, 4.69) is 47.0 Å². The first-order valence-corrected chi connectivity index (χ1v) is 8.49. The zero-order chi connectivity index (χ0) is 17.3. The van der Waals surface area contributed by atoms with Crippen molar-refractivity contribution >= 4 is 54.4 Å².